The lowest BCUT2D eigenvalue weighted by Gasteiger charge is -1.87. The first-order valence-electron chi connectivity index (χ1n) is 2.65. The molecule has 0 aromatic rings. The molecule has 0 spiro atoms. The van der Waals surface area contributed by atoms with Crippen molar-refractivity contribution in [2.45, 2.75) is 26.3 Å². The van der Waals surface area contributed by atoms with E-state index in [9.17, 15) is 0 Å². The maximum atomic E-state index is 3.76. The zero-order valence-corrected chi connectivity index (χ0v) is 5.23. The average Bonchev–Trinajstić information content (AvgIpc) is 1.68. The Balaban J connectivity index is 3.16. The van der Waals surface area contributed by atoms with Crippen LogP contribution in [-0.2, 0) is 0 Å². The Morgan fingerprint density at radius 2 is 2.29 bits per heavy atom. The minimum atomic E-state index is 0.532. The van der Waals surface area contributed by atoms with Crippen LogP contribution in [0.2, 0.25) is 0 Å². The van der Waals surface area contributed by atoms with E-state index in [2.05, 4.69) is 24.1 Å². The Morgan fingerprint density at radius 1 is 1.71 bits per heavy atom. The molecule has 0 saturated carbocycles. The molecule has 0 aliphatic heterocycles. The fourth-order valence-corrected chi connectivity index (χ4v) is 0.312. The lowest BCUT2D eigenvalue weighted by Crippen LogP contribution is -2.72. The molecule has 0 amide bonds. The summed E-state index contributed by atoms with van der Waals surface area (Å²) in [5, 5.41) is 6.68. The summed E-state index contributed by atoms with van der Waals surface area (Å²) in [6.07, 6.45) is 1.14. The van der Waals surface area contributed by atoms with Crippen LogP contribution in [0.15, 0.2) is 5.11 Å². The van der Waals surface area contributed by atoms with E-state index in [-0.39, 0.29) is 0 Å². The third kappa shape index (κ3) is 3.43. The highest BCUT2D eigenvalue weighted by atomic mass is 15.1. The van der Waals surface area contributed by atoms with Gasteiger partial charge in [-0.2, -0.15) is 0 Å². The van der Waals surface area contributed by atoms with E-state index in [0.717, 1.165) is 6.42 Å². The van der Waals surface area contributed by atoms with Gasteiger partial charge in [0.05, 0.1) is 7.05 Å². The van der Waals surface area contributed by atoms with Crippen molar-refractivity contribution < 1.29 is 5.11 Å². The average molecular weight is 101 g/mol. The molecule has 2 heteroatoms. The lowest BCUT2D eigenvalue weighted by atomic mass is 10.3. The molecule has 0 bridgehead atoms. The van der Waals surface area contributed by atoms with Gasteiger partial charge >= 0.3 is 0 Å². The van der Waals surface area contributed by atoms with Crippen LogP contribution in [0.3, 0.4) is 0 Å². The van der Waals surface area contributed by atoms with Gasteiger partial charge in [0.2, 0.25) is 0 Å². The summed E-state index contributed by atoms with van der Waals surface area (Å²) in [5.41, 5.74) is 0. The smallest absolute Gasteiger partial charge is 0.140 e. The molecule has 0 fully saturated rings. The van der Waals surface area contributed by atoms with E-state index in [1.807, 2.05) is 0 Å². The molecule has 0 heterocycles. The highest BCUT2D eigenvalue weighted by Gasteiger charge is 1.95. The highest BCUT2D eigenvalue weighted by Crippen LogP contribution is 1.75. The Kier molecular flexibility index (Phi) is 3.56. The van der Waals surface area contributed by atoms with Crippen molar-refractivity contribution in [2.24, 2.45) is 5.11 Å². The summed E-state index contributed by atoms with van der Waals surface area (Å²) in [6, 6.07) is 0.532. The van der Waals surface area contributed by atoms with E-state index < -0.39 is 0 Å². The number of hydrogen-bond acceptors (Lipinski definition) is 1. The van der Waals surface area contributed by atoms with Gasteiger partial charge < -0.3 is 0 Å². The van der Waals surface area contributed by atoms with Crippen LogP contribution < -0.4 is 5.11 Å². The monoisotopic (exact) mass is 101 g/mol. The SMILES string of the molecule is CCC(C)[NH+]=NC. The predicted molar refractivity (Wildman–Crippen MR) is 29.1 cm³/mol. The largest absolute Gasteiger partial charge is 0.172 e. The molecule has 1 atom stereocenters. The first-order valence-corrected chi connectivity index (χ1v) is 2.65. The van der Waals surface area contributed by atoms with Gasteiger partial charge in [-0.1, -0.05) is 12.0 Å². The molecule has 1 unspecified atom stereocenters. The molecule has 2 nitrogen and oxygen atoms in total. The number of azo groups is 1. The summed E-state index contributed by atoms with van der Waals surface area (Å²) < 4.78 is 0. The Labute approximate surface area is 44.6 Å². The molecule has 0 rings (SSSR count). The molecule has 0 aliphatic carbocycles. The van der Waals surface area contributed by atoms with Crippen LogP contribution in [0, 0.1) is 0 Å². The van der Waals surface area contributed by atoms with E-state index in [4.69, 9.17) is 0 Å². The Morgan fingerprint density at radius 3 is 2.43 bits per heavy atom. The number of rotatable bonds is 2. The van der Waals surface area contributed by atoms with Crippen molar-refractivity contribution in [1.29, 1.82) is 0 Å². The summed E-state index contributed by atoms with van der Waals surface area (Å²) in [4.78, 5) is 0. The minimum absolute atomic E-state index is 0.532. The van der Waals surface area contributed by atoms with E-state index in [0.29, 0.717) is 6.04 Å². The zero-order chi connectivity index (χ0) is 5.70. The number of nitrogens with zero attached hydrogens (tertiary/aromatic N) is 1. The Bertz CT molecular complexity index is 59.1. The fraction of sp³-hybridized carbons (Fsp3) is 1.00. The normalized spacial score (nSPS) is 15.3. The molecule has 42 valence electrons. The maximum Gasteiger partial charge on any atom is 0.172 e. The topological polar surface area (TPSA) is 26.3 Å². The van der Waals surface area contributed by atoms with E-state index >= 15 is 0 Å². The quantitative estimate of drug-likeness (QED) is 0.472. The van der Waals surface area contributed by atoms with E-state index in [1.165, 1.54) is 0 Å². The van der Waals surface area contributed by atoms with Crippen molar-refractivity contribution in [2.75, 3.05) is 7.05 Å². The van der Waals surface area contributed by atoms with E-state index in [1.54, 1.807) is 7.05 Å². The summed E-state index contributed by atoms with van der Waals surface area (Å²) in [5.74, 6) is 0. The molecule has 1 N–H and O–H groups in total. The summed E-state index contributed by atoms with van der Waals surface area (Å²) in [7, 11) is 1.76. The van der Waals surface area contributed by atoms with Gasteiger partial charge in [-0.25, -0.2) is 0 Å². The molecule has 7 heavy (non-hydrogen) atoms. The van der Waals surface area contributed by atoms with Crippen LogP contribution in [0.5, 0.6) is 0 Å². The van der Waals surface area contributed by atoms with Crippen molar-refractivity contribution in [3.05, 3.63) is 0 Å². The molecule has 0 saturated heterocycles. The number of nitrogens with one attached hydrogen (secondary N) is 1. The third-order valence-electron chi connectivity index (χ3n) is 0.962. The maximum absolute atomic E-state index is 3.76. The zero-order valence-electron chi connectivity index (χ0n) is 5.23. The fourth-order valence-electron chi connectivity index (χ4n) is 0.312. The molecular formula is C5H13N2+. The molecule has 0 aromatic heterocycles. The van der Waals surface area contributed by atoms with Crippen LogP contribution in [0.25, 0.3) is 0 Å². The highest BCUT2D eigenvalue weighted by molar-refractivity contribution is 4.32. The van der Waals surface area contributed by atoms with Crippen LogP contribution in [0.1, 0.15) is 20.3 Å². The van der Waals surface area contributed by atoms with Gasteiger partial charge in [0.15, 0.2) is 6.04 Å². The van der Waals surface area contributed by atoms with Gasteiger partial charge in [-0.05, 0) is 6.92 Å². The van der Waals surface area contributed by atoms with Crippen molar-refractivity contribution in [1.82, 2.24) is 0 Å². The Hall–Kier alpha value is -0.400. The molecule has 0 aliphatic rings. The first-order chi connectivity index (χ1) is 3.31. The second-order valence-electron chi connectivity index (χ2n) is 1.66. The molecular weight excluding hydrogens is 88.1 g/mol. The van der Waals surface area contributed by atoms with Crippen LogP contribution >= 0.6 is 0 Å². The van der Waals surface area contributed by atoms with Crippen LogP contribution in [-0.4, -0.2) is 13.1 Å². The van der Waals surface area contributed by atoms with Crippen LogP contribution in [0.4, 0.5) is 0 Å². The van der Waals surface area contributed by atoms with Gasteiger partial charge in [0.1, 0.15) is 0 Å². The van der Waals surface area contributed by atoms with Gasteiger partial charge in [0.25, 0.3) is 0 Å². The first kappa shape index (κ1) is 6.60. The molecule has 0 radical (unpaired) electrons. The number of hydrogen-bond donors (Lipinski definition) is 1. The van der Waals surface area contributed by atoms with Crippen molar-refractivity contribution in [3.8, 4) is 0 Å². The minimum Gasteiger partial charge on any atom is -0.140 e. The predicted octanol–water partition coefficient (Wildman–Crippen LogP) is -0.0525. The molecule has 0 aromatic carbocycles. The standard InChI is InChI=1S/C5H12N2/c1-4-5(2)7-6-3/h5H,4H2,1-3H3/p+1. The summed E-state index contributed by atoms with van der Waals surface area (Å²) in [6.45, 7) is 4.23. The van der Waals surface area contributed by atoms with Crippen molar-refractivity contribution in [3.63, 3.8) is 0 Å². The second kappa shape index (κ2) is 3.78. The van der Waals surface area contributed by atoms with Crippen molar-refractivity contribution >= 4 is 0 Å². The lowest BCUT2D eigenvalue weighted by molar-refractivity contribution is -0.568. The second-order valence-corrected chi connectivity index (χ2v) is 1.66. The van der Waals surface area contributed by atoms with Gasteiger partial charge in [0, 0.05) is 6.42 Å². The van der Waals surface area contributed by atoms with Gasteiger partial charge in [-0.3, -0.25) is 0 Å². The summed E-state index contributed by atoms with van der Waals surface area (Å²) >= 11 is 0. The third-order valence-corrected chi connectivity index (χ3v) is 0.962. The van der Waals surface area contributed by atoms with Gasteiger partial charge in [-0.15, -0.1) is 5.11 Å².